The molecule has 1 aromatic carbocycles. The minimum Gasteiger partial charge on any atom is -0.399 e. The van der Waals surface area contributed by atoms with Crippen LogP contribution in [0.3, 0.4) is 0 Å². The first-order valence-corrected chi connectivity index (χ1v) is 5.84. The van der Waals surface area contributed by atoms with Gasteiger partial charge in [0.05, 0.1) is 5.56 Å². The summed E-state index contributed by atoms with van der Waals surface area (Å²) < 4.78 is 5.26. The van der Waals surface area contributed by atoms with Gasteiger partial charge in [-0.1, -0.05) is 17.3 Å². The number of pyridine rings is 1. The molecule has 2 N–H and O–H groups in total. The molecule has 0 atom stereocenters. The van der Waals surface area contributed by atoms with Gasteiger partial charge in [-0.05, 0) is 30.7 Å². The first kappa shape index (κ1) is 11.4. The Bertz CT molecular complexity index is 661. The minimum atomic E-state index is 0.452. The lowest BCUT2D eigenvalue weighted by Gasteiger charge is -1.96. The van der Waals surface area contributed by atoms with Crippen molar-refractivity contribution >= 4 is 5.69 Å². The molecule has 0 fully saturated rings. The van der Waals surface area contributed by atoms with Crippen LogP contribution >= 0.6 is 0 Å². The topological polar surface area (TPSA) is 77.8 Å². The molecule has 0 unspecified atom stereocenters. The Morgan fingerprint density at radius 2 is 2.00 bits per heavy atom. The zero-order chi connectivity index (χ0) is 13.2. The van der Waals surface area contributed by atoms with E-state index in [0.717, 1.165) is 16.7 Å². The van der Waals surface area contributed by atoms with Gasteiger partial charge in [0.15, 0.2) is 0 Å². The van der Waals surface area contributed by atoms with E-state index < -0.39 is 0 Å². The highest BCUT2D eigenvalue weighted by molar-refractivity contribution is 5.63. The quantitative estimate of drug-likeness (QED) is 0.709. The molecule has 0 radical (unpaired) electrons. The van der Waals surface area contributed by atoms with Crippen LogP contribution in [-0.4, -0.2) is 15.1 Å². The molecule has 94 valence electrons. The van der Waals surface area contributed by atoms with E-state index in [9.17, 15) is 0 Å². The van der Waals surface area contributed by atoms with Gasteiger partial charge >= 0.3 is 0 Å². The number of nitrogens with zero attached hydrogens (tertiary/aromatic N) is 3. The second kappa shape index (κ2) is 4.53. The second-order valence-electron chi connectivity index (χ2n) is 4.30. The molecule has 19 heavy (non-hydrogen) atoms. The summed E-state index contributed by atoms with van der Waals surface area (Å²) in [6.07, 6.45) is 3.47. The smallest absolute Gasteiger partial charge is 0.259 e. The van der Waals surface area contributed by atoms with E-state index in [0.29, 0.717) is 17.4 Å². The molecular formula is C14H12N4O. The molecule has 5 nitrogen and oxygen atoms in total. The van der Waals surface area contributed by atoms with Crippen LogP contribution in [0, 0.1) is 6.92 Å². The van der Waals surface area contributed by atoms with E-state index >= 15 is 0 Å². The monoisotopic (exact) mass is 252 g/mol. The number of aryl methyl sites for hydroxylation is 1. The normalized spacial score (nSPS) is 10.6. The highest BCUT2D eigenvalue weighted by Crippen LogP contribution is 2.23. The van der Waals surface area contributed by atoms with Crippen molar-refractivity contribution in [2.45, 2.75) is 6.92 Å². The summed E-state index contributed by atoms with van der Waals surface area (Å²) >= 11 is 0. The summed E-state index contributed by atoms with van der Waals surface area (Å²) in [7, 11) is 0. The first-order chi connectivity index (χ1) is 9.22. The molecule has 2 aromatic heterocycles. The van der Waals surface area contributed by atoms with Crippen molar-refractivity contribution in [1.29, 1.82) is 0 Å². The Balaban J connectivity index is 2.00. The SMILES string of the molecule is Cc1cncc(-c2nc(-c3cccc(N)c3)no2)c1. The number of benzene rings is 1. The fourth-order valence-corrected chi connectivity index (χ4v) is 1.81. The number of hydrogen-bond donors (Lipinski definition) is 1. The van der Waals surface area contributed by atoms with E-state index in [1.807, 2.05) is 37.3 Å². The third kappa shape index (κ3) is 2.30. The van der Waals surface area contributed by atoms with E-state index in [1.54, 1.807) is 12.4 Å². The Labute approximate surface area is 110 Å². The first-order valence-electron chi connectivity index (χ1n) is 5.84. The summed E-state index contributed by atoms with van der Waals surface area (Å²) in [5, 5.41) is 3.96. The molecule has 3 rings (SSSR count). The molecule has 0 spiro atoms. The zero-order valence-corrected chi connectivity index (χ0v) is 10.4. The van der Waals surface area contributed by atoms with Crippen LogP contribution < -0.4 is 5.73 Å². The third-order valence-electron chi connectivity index (χ3n) is 2.69. The van der Waals surface area contributed by atoms with Crippen molar-refractivity contribution in [3.05, 3.63) is 48.3 Å². The second-order valence-corrected chi connectivity index (χ2v) is 4.30. The summed E-state index contributed by atoms with van der Waals surface area (Å²) in [5.74, 6) is 0.970. The van der Waals surface area contributed by atoms with Gasteiger partial charge in [-0.15, -0.1) is 0 Å². The summed E-state index contributed by atoms with van der Waals surface area (Å²) in [5.41, 5.74) is 9.09. The Hall–Kier alpha value is -2.69. The highest BCUT2D eigenvalue weighted by Gasteiger charge is 2.11. The number of nitrogen functional groups attached to an aromatic ring is 1. The lowest BCUT2D eigenvalue weighted by Crippen LogP contribution is -1.86. The van der Waals surface area contributed by atoms with Crippen LogP contribution in [0.25, 0.3) is 22.8 Å². The Morgan fingerprint density at radius 3 is 2.79 bits per heavy atom. The van der Waals surface area contributed by atoms with Crippen molar-refractivity contribution in [2.75, 3.05) is 5.73 Å². The van der Waals surface area contributed by atoms with Crippen LogP contribution in [-0.2, 0) is 0 Å². The van der Waals surface area contributed by atoms with Crippen molar-refractivity contribution in [2.24, 2.45) is 0 Å². The van der Waals surface area contributed by atoms with Gasteiger partial charge in [-0.2, -0.15) is 4.98 Å². The fraction of sp³-hybridized carbons (Fsp3) is 0.0714. The summed E-state index contributed by atoms with van der Waals surface area (Å²) in [6, 6.07) is 9.32. The average molecular weight is 252 g/mol. The van der Waals surface area contributed by atoms with Crippen LogP contribution in [0.1, 0.15) is 5.56 Å². The molecule has 0 aliphatic heterocycles. The standard InChI is InChI=1S/C14H12N4O/c1-9-5-11(8-16-7-9)14-17-13(18-19-14)10-3-2-4-12(15)6-10/h2-8H,15H2,1H3. The predicted octanol–water partition coefficient (Wildman–Crippen LogP) is 2.69. The van der Waals surface area contributed by atoms with Gasteiger partial charge in [0, 0.05) is 23.6 Å². The lowest BCUT2D eigenvalue weighted by molar-refractivity contribution is 0.432. The Kier molecular flexibility index (Phi) is 2.72. The van der Waals surface area contributed by atoms with Gasteiger partial charge in [0.1, 0.15) is 0 Å². The molecule has 0 saturated heterocycles. The average Bonchev–Trinajstić information content (AvgIpc) is 2.88. The van der Waals surface area contributed by atoms with E-state index in [4.69, 9.17) is 10.3 Å². The van der Waals surface area contributed by atoms with Crippen LogP contribution in [0.5, 0.6) is 0 Å². The van der Waals surface area contributed by atoms with Gasteiger partial charge in [-0.25, -0.2) is 0 Å². The molecule has 0 bridgehead atoms. The zero-order valence-electron chi connectivity index (χ0n) is 10.4. The largest absolute Gasteiger partial charge is 0.399 e. The maximum absolute atomic E-state index is 5.74. The van der Waals surface area contributed by atoms with Crippen molar-refractivity contribution in [1.82, 2.24) is 15.1 Å². The van der Waals surface area contributed by atoms with Gasteiger partial charge in [-0.3, -0.25) is 4.98 Å². The summed E-state index contributed by atoms with van der Waals surface area (Å²) in [6.45, 7) is 1.96. The fourth-order valence-electron chi connectivity index (χ4n) is 1.81. The number of anilines is 1. The molecule has 2 heterocycles. The predicted molar refractivity (Wildman–Crippen MR) is 72.1 cm³/mol. The maximum atomic E-state index is 5.74. The highest BCUT2D eigenvalue weighted by atomic mass is 16.5. The van der Waals surface area contributed by atoms with E-state index in [1.165, 1.54) is 0 Å². The molecular weight excluding hydrogens is 240 g/mol. The molecule has 0 amide bonds. The van der Waals surface area contributed by atoms with Gasteiger partial charge < -0.3 is 10.3 Å². The molecule has 3 aromatic rings. The van der Waals surface area contributed by atoms with E-state index in [2.05, 4.69) is 15.1 Å². The van der Waals surface area contributed by atoms with E-state index in [-0.39, 0.29) is 0 Å². The van der Waals surface area contributed by atoms with Gasteiger partial charge in [0.25, 0.3) is 5.89 Å². The number of aromatic nitrogens is 3. The third-order valence-corrected chi connectivity index (χ3v) is 2.69. The van der Waals surface area contributed by atoms with Crippen molar-refractivity contribution in [3.8, 4) is 22.8 Å². The Morgan fingerprint density at radius 1 is 1.11 bits per heavy atom. The molecule has 5 heteroatoms. The maximum Gasteiger partial charge on any atom is 0.259 e. The lowest BCUT2D eigenvalue weighted by atomic mass is 10.2. The van der Waals surface area contributed by atoms with Crippen LogP contribution in [0.4, 0.5) is 5.69 Å². The number of hydrogen-bond acceptors (Lipinski definition) is 5. The molecule has 0 aliphatic rings. The van der Waals surface area contributed by atoms with Gasteiger partial charge in [0.2, 0.25) is 5.82 Å². The molecule has 0 aliphatic carbocycles. The number of nitrogens with two attached hydrogens (primary N) is 1. The summed E-state index contributed by atoms with van der Waals surface area (Å²) in [4.78, 5) is 8.47. The van der Waals surface area contributed by atoms with Crippen LogP contribution in [0.15, 0.2) is 47.2 Å². The van der Waals surface area contributed by atoms with Crippen molar-refractivity contribution < 1.29 is 4.52 Å². The minimum absolute atomic E-state index is 0.452. The molecule has 0 saturated carbocycles. The van der Waals surface area contributed by atoms with Crippen molar-refractivity contribution in [3.63, 3.8) is 0 Å². The number of rotatable bonds is 2. The van der Waals surface area contributed by atoms with Crippen LogP contribution in [0.2, 0.25) is 0 Å².